The molecule has 0 spiro atoms. The van der Waals surface area contributed by atoms with E-state index in [2.05, 4.69) is 0 Å². The Balaban J connectivity index is 2.10. The Kier molecular flexibility index (Phi) is 4.30. The number of carbonyl (C=O) groups is 1. The molecule has 4 nitrogen and oxygen atoms in total. The van der Waals surface area contributed by atoms with Crippen LogP contribution in [0.2, 0.25) is 0 Å². The molecule has 106 valence electrons. The first-order chi connectivity index (χ1) is 9.02. The lowest BCUT2D eigenvalue weighted by Gasteiger charge is -2.34. The molecule has 1 aliphatic heterocycles. The van der Waals surface area contributed by atoms with Crippen molar-refractivity contribution in [3.63, 3.8) is 0 Å². The number of furan rings is 1. The zero-order valence-electron chi connectivity index (χ0n) is 12.1. The van der Waals surface area contributed by atoms with E-state index in [0.717, 1.165) is 43.7 Å². The molecule has 1 aliphatic rings. The molecule has 0 radical (unpaired) electrons. The second kappa shape index (κ2) is 5.78. The van der Waals surface area contributed by atoms with Crippen LogP contribution in [-0.4, -0.2) is 29.9 Å². The van der Waals surface area contributed by atoms with Crippen LogP contribution in [0.3, 0.4) is 0 Å². The number of likely N-dealkylation sites (tertiary alicyclic amines) is 1. The molecule has 0 aliphatic carbocycles. The predicted octanol–water partition coefficient (Wildman–Crippen LogP) is 2.35. The van der Waals surface area contributed by atoms with Gasteiger partial charge in [-0.05, 0) is 44.2 Å². The maximum absolute atomic E-state index is 12.4. The van der Waals surface area contributed by atoms with E-state index in [0.29, 0.717) is 11.7 Å². The lowest BCUT2D eigenvalue weighted by Crippen LogP contribution is -2.44. The van der Waals surface area contributed by atoms with E-state index in [4.69, 9.17) is 10.2 Å². The molecule has 0 unspecified atom stereocenters. The SMILES string of the molecule is CCc1oc(C(=O)N2CCC[C@H]([C@H](C)N)C2)cc1C. The van der Waals surface area contributed by atoms with Gasteiger partial charge < -0.3 is 15.1 Å². The lowest BCUT2D eigenvalue weighted by molar-refractivity contribution is 0.0627. The largest absolute Gasteiger partial charge is 0.456 e. The van der Waals surface area contributed by atoms with Crippen LogP contribution in [0.15, 0.2) is 10.5 Å². The molecule has 2 atom stereocenters. The number of nitrogens with zero attached hydrogens (tertiary/aromatic N) is 1. The van der Waals surface area contributed by atoms with Crippen LogP contribution < -0.4 is 5.73 Å². The highest BCUT2D eigenvalue weighted by atomic mass is 16.4. The third kappa shape index (κ3) is 3.00. The Morgan fingerprint density at radius 1 is 1.63 bits per heavy atom. The Hall–Kier alpha value is -1.29. The number of hydrogen-bond acceptors (Lipinski definition) is 3. The molecule has 0 bridgehead atoms. The molecule has 1 aromatic heterocycles. The van der Waals surface area contributed by atoms with Gasteiger partial charge in [0.25, 0.3) is 5.91 Å². The fourth-order valence-electron chi connectivity index (χ4n) is 2.76. The summed E-state index contributed by atoms with van der Waals surface area (Å²) < 4.78 is 5.65. The van der Waals surface area contributed by atoms with Crippen LogP contribution in [0.4, 0.5) is 0 Å². The number of rotatable bonds is 3. The van der Waals surface area contributed by atoms with Crippen molar-refractivity contribution in [2.75, 3.05) is 13.1 Å². The topological polar surface area (TPSA) is 59.5 Å². The Morgan fingerprint density at radius 3 is 2.95 bits per heavy atom. The molecular formula is C15H24N2O2. The summed E-state index contributed by atoms with van der Waals surface area (Å²) in [6.07, 6.45) is 2.96. The standard InChI is InChI=1S/C15H24N2O2/c1-4-13-10(2)8-14(19-13)15(18)17-7-5-6-12(9-17)11(3)16/h8,11-12H,4-7,9,16H2,1-3H3/t11-,12-/m0/s1. The van der Waals surface area contributed by atoms with E-state index >= 15 is 0 Å². The van der Waals surface area contributed by atoms with E-state index < -0.39 is 0 Å². The van der Waals surface area contributed by atoms with E-state index in [9.17, 15) is 4.79 Å². The van der Waals surface area contributed by atoms with Gasteiger partial charge in [0.15, 0.2) is 5.76 Å². The van der Waals surface area contributed by atoms with E-state index in [1.54, 1.807) is 0 Å². The van der Waals surface area contributed by atoms with E-state index in [1.807, 2.05) is 31.7 Å². The van der Waals surface area contributed by atoms with Crippen LogP contribution >= 0.6 is 0 Å². The van der Waals surface area contributed by atoms with Crippen LogP contribution in [-0.2, 0) is 6.42 Å². The monoisotopic (exact) mass is 264 g/mol. The maximum Gasteiger partial charge on any atom is 0.289 e. The summed E-state index contributed by atoms with van der Waals surface area (Å²) >= 11 is 0. The zero-order chi connectivity index (χ0) is 14.0. The normalized spacial score (nSPS) is 21.5. The van der Waals surface area contributed by atoms with Crippen LogP contribution in [0, 0.1) is 12.8 Å². The molecule has 2 heterocycles. The van der Waals surface area contributed by atoms with Crippen molar-refractivity contribution in [1.29, 1.82) is 0 Å². The Labute approximate surface area is 114 Å². The van der Waals surface area contributed by atoms with Crippen molar-refractivity contribution in [2.24, 2.45) is 11.7 Å². The summed E-state index contributed by atoms with van der Waals surface area (Å²) in [4.78, 5) is 14.3. The molecule has 19 heavy (non-hydrogen) atoms. The summed E-state index contributed by atoms with van der Waals surface area (Å²) in [5.41, 5.74) is 7.02. The minimum absolute atomic E-state index is 0.00755. The summed E-state index contributed by atoms with van der Waals surface area (Å²) in [6, 6.07) is 2.00. The summed E-state index contributed by atoms with van der Waals surface area (Å²) in [5, 5.41) is 0. The highest BCUT2D eigenvalue weighted by Gasteiger charge is 2.28. The van der Waals surface area contributed by atoms with Crippen molar-refractivity contribution in [2.45, 2.75) is 46.1 Å². The predicted molar refractivity (Wildman–Crippen MR) is 75.1 cm³/mol. The van der Waals surface area contributed by atoms with Gasteiger partial charge in [-0.3, -0.25) is 4.79 Å². The van der Waals surface area contributed by atoms with Crippen molar-refractivity contribution >= 4 is 5.91 Å². The van der Waals surface area contributed by atoms with Crippen molar-refractivity contribution < 1.29 is 9.21 Å². The summed E-state index contributed by atoms with van der Waals surface area (Å²) in [6.45, 7) is 7.60. The molecule has 0 aromatic carbocycles. The number of piperidine rings is 1. The molecule has 1 aromatic rings. The highest BCUT2D eigenvalue weighted by molar-refractivity contribution is 5.91. The van der Waals surface area contributed by atoms with Gasteiger partial charge in [0.05, 0.1) is 0 Å². The second-order valence-electron chi connectivity index (χ2n) is 5.58. The van der Waals surface area contributed by atoms with Gasteiger partial charge in [-0.25, -0.2) is 0 Å². The van der Waals surface area contributed by atoms with Crippen LogP contribution in [0.5, 0.6) is 0 Å². The lowest BCUT2D eigenvalue weighted by atomic mass is 9.92. The first-order valence-electron chi connectivity index (χ1n) is 7.17. The number of carbonyl (C=O) groups excluding carboxylic acids is 1. The molecule has 2 N–H and O–H groups in total. The van der Waals surface area contributed by atoms with Crippen molar-refractivity contribution in [3.8, 4) is 0 Å². The Bertz CT molecular complexity index is 451. The second-order valence-corrected chi connectivity index (χ2v) is 5.58. The summed E-state index contributed by atoms with van der Waals surface area (Å²) in [5.74, 6) is 1.79. The van der Waals surface area contributed by atoms with Crippen molar-refractivity contribution in [1.82, 2.24) is 4.90 Å². The molecule has 1 fully saturated rings. The van der Waals surface area contributed by atoms with Gasteiger partial charge in [-0.1, -0.05) is 6.92 Å². The first-order valence-corrected chi connectivity index (χ1v) is 7.17. The smallest absolute Gasteiger partial charge is 0.289 e. The van der Waals surface area contributed by atoms with Gasteiger partial charge >= 0.3 is 0 Å². The molecule has 0 saturated carbocycles. The fourth-order valence-corrected chi connectivity index (χ4v) is 2.76. The number of aryl methyl sites for hydroxylation is 2. The van der Waals surface area contributed by atoms with Crippen LogP contribution in [0.1, 0.15) is 48.6 Å². The summed E-state index contributed by atoms with van der Waals surface area (Å²) in [7, 11) is 0. The molecule has 1 saturated heterocycles. The maximum atomic E-state index is 12.4. The number of nitrogens with two attached hydrogens (primary N) is 1. The highest BCUT2D eigenvalue weighted by Crippen LogP contribution is 2.22. The average molecular weight is 264 g/mol. The van der Waals surface area contributed by atoms with Gasteiger partial charge in [-0.2, -0.15) is 0 Å². The quantitative estimate of drug-likeness (QED) is 0.911. The zero-order valence-corrected chi connectivity index (χ0v) is 12.1. The third-order valence-electron chi connectivity index (χ3n) is 4.04. The van der Waals surface area contributed by atoms with Gasteiger partial charge in [0, 0.05) is 25.6 Å². The van der Waals surface area contributed by atoms with Gasteiger partial charge in [-0.15, -0.1) is 0 Å². The average Bonchev–Trinajstić information content (AvgIpc) is 2.79. The number of amides is 1. The molecule has 4 heteroatoms. The Morgan fingerprint density at radius 2 is 2.37 bits per heavy atom. The molecule has 2 rings (SSSR count). The fraction of sp³-hybridized carbons (Fsp3) is 0.667. The first kappa shape index (κ1) is 14.1. The minimum Gasteiger partial charge on any atom is -0.456 e. The van der Waals surface area contributed by atoms with Gasteiger partial charge in [0.1, 0.15) is 5.76 Å². The van der Waals surface area contributed by atoms with E-state index in [-0.39, 0.29) is 11.9 Å². The number of hydrogen-bond donors (Lipinski definition) is 1. The van der Waals surface area contributed by atoms with Crippen LogP contribution in [0.25, 0.3) is 0 Å². The van der Waals surface area contributed by atoms with E-state index in [1.165, 1.54) is 0 Å². The van der Waals surface area contributed by atoms with Crippen molar-refractivity contribution in [3.05, 3.63) is 23.2 Å². The molecule has 1 amide bonds. The third-order valence-corrected chi connectivity index (χ3v) is 4.04. The minimum atomic E-state index is 0.00755. The molecular weight excluding hydrogens is 240 g/mol. The van der Waals surface area contributed by atoms with Gasteiger partial charge in [0.2, 0.25) is 0 Å².